The van der Waals surface area contributed by atoms with Gasteiger partial charge >= 0.3 is 12.1 Å². The maximum absolute atomic E-state index is 12.5. The van der Waals surface area contributed by atoms with Crippen LogP contribution in [-0.4, -0.2) is 46.8 Å². The highest BCUT2D eigenvalue weighted by Crippen LogP contribution is 2.37. The van der Waals surface area contributed by atoms with E-state index >= 15 is 0 Å². The highest BCUT2D eigenvalue weighted by atomic mass is 16.6. The van der Waals surface area contributed by atoms with E-state index in [-0.39, 0.29) is 12.1 Å². The van der Waals surface area contributed by atoms with E-state index in [4.69, 9.17) is 4.74 Å². The lowest BCUT2D eigenvalue weighted by molar-refractivity contribution is -0.154. The third kappa shape index (κ3) is 5.01. The molecule has 0 saturated carbocycles. The number of amides is 1. The number of aliphatic carboxylic acids is 1. The highest BCUT2D eigenvalue weighted by molar-refractivity contribution is 5.77. The van der Waals surface area contributed by atoms with Gasteiger partial charge in [0.05, 0.1) is 5.41 Å². The molecule has 6 nitrogen and oxygen atoms in total. The van der Waals surface area contributed by atoms with Crippen LogP contribution in [0.15, 0.2) is 30.3 Å². The average Bonchev–Trinajstić information content (AvgIpc) is 2.60. The fourth-order valence-electron chi connectivity index (χ4n) is 3.67. The Kier molecular flexibility index (Phi) is 6.52. The number of piperidine rings is 1. The Balaban J connectivity index is 2.22. The molecule has 150 valence electrons. The van der Waals surface area contributed by atoms with Crippen molar-refractivity contribution in [1.82, 2.24) is 10.2 Å². The van der Waals surface area contributed by atoms with Crippen LogP contribution >= 0.6 is 0 Å². The maximum Gasteiger partial charge on any atom is 0.410 e. The normalized spacial score (nSPS) is 24.3. The Morgan fingerprint density at radius 1 is 1.33 bits per heavy atom. The number of hydrogen-bond acceptors (Lipinski definition) is 4. The molecular weight excluding hydrogens is 344 g/mol. The summed E-state index contributed by atoms with van der Waals surface area (Å²) < 4.78 is 5.49. The molecule has 0 radical (unpaired) electrons. The second-order valence-corrected chi connectivity index (χ2v) is 8.34. The van der Waals surface area contributed by atoms with Crippen LogP contribution in [-0.2, 0) is 9.53 Å². The second-order valence-electron chi connectivity index (χ2n) is 8.34. The van der Waals surface area contributed by atoms with Gasteiger partial charge in [-0.15, -0.1) is 0 Å². The quantitative estimate of drug-likeness (QED) is 0.816. The number of nitrogens with zero attached hydrogens (tertiary/aromatic N) is 1. The fourth-order valence-corrected chi connectivity index (χ4v) is 3.67. The molecule has 3 atom stereocenters. The van der Waals surface area contributed by atoms with Crippen LogP contribution < -0.4 is 5.32 Å². The maximum atomic E-state index is 12.5. The van der Waals surface area contributed by atoms with Crippen molar-refractivity contribution in [3.63, 3.8) is 0 Å². The van der Waals surface area contributed by atoms with Crippen molar-refractivity contribution < 1.29 is 19.4 Å². The molecule has 6 heteroatoms. The Morgan fingerprint density at radius 2 is 1.96 bits per heavy atom. The van der Waals surface area contributed by atoms with E-state index in [9.17, 15) is 14.7 Å². The summed E-state index contributed by atoms with van der Waals surface area (Å²) in [4.78, 5) is 26.3. The van der Waals surface area contributed by atoms with E-state index in [2.05, 4.69) is 5.32 Å². The van der Waals surface area contributed by atoms with Crippen LogP contribution in [0.1, 0.15) is 59.1 Å². The van der Waals surface area contributed by atoms with Gasteiger partial charge in [-0.2, -0.15) is 0 Å². The zero-order chi connectivity index (χ0) is 20.2. The number of rotatable bonds is 5. The van der Waals surface area contributed by atoms with Crippen LogP contribution in [0, 0.1) is 5.41 Å². The van der Waals surface area contributed by atoms with E-state index in [1.165, 1.54) is 0 Å². The van der Waals surface area contributed by atoms with Gasteiger partial charge in [-0.05, 0) is 46.1 Å². The molecule has 1 aliphatic rings. The number of nitrogens with one attached hydrogen (secondary N) is 1. The molecule has 2 rings (SSSR count). The number of ether oxygens (including phenoxy) is 1. The van der Waals surface area contributed by atoms with E-state index in [1.54, 1.807) is 4.90 Å². The molecule has 1 heterocycles. The first-order valence-electron chi connectivity index (χ1n) is 9.61. The predicted molar refractivity (Wildman–Crippen MR) is 105 cm³/mol. The third-order valence-corrected chi connectivity index (χ3v) is 5.36. The van der Waals surface area contributed by atoms with Crippen LogP contribution in [0.4, 0.5) is 4.79 Å². The van der Waals surface area contributed by atoms with Crippen LogP contribution in [0.2, 0.25) is 0 Å². The smallest absolute Gasteiger partial charge is 0.410 e. The summed E-state index contributed by atoms with van der Waals surface area (Å²) in [6, 6.07) is 9.52. The first kappa shape index (κ1) is 21.2. The minimum absolute atomic E-state index is 0.0277. The molecule has 1 aliphatic heterocycles. The van der Waals surface area contributed by atoms with Crippen molar-refractivity contribution >= 4 is 12.1 Å². The van der Waals surface area contributed by atoms with Crippen LogP contribution in [0.25, 0.3) is 0 Å². The monoisotopic (exact) mass is 376 g/mol. The van der Waals surface area contributed by atoms with Gasteiger partial charge in [0.25, 0.3) is 0 Å². The predicted octanol–water partition coefficient (Wildman–Crippen LogP) is 3.83. The topological polar surface area (TPSA) is 78.9 Å². The standard InChI is InChI=1S/C21H32N2O4/c1-6-21(18(24)25)12-13-23(19(26)27-20(3,4)5)14-17(21)22-15(2)16-10-8-7-9-11-16/h7-11,15,17,22H,6,12-14H2,1-5H3,(H,24,25)/t15-,17?,21?/m0/s1. The van der Waals surface area contributed by atoms with Crippen molar-refractivity contribution in [2.45, 2.75) is 65.1 Å². The SMILES string of the molecule is CCC1(C(=O)O)CCN(C(=O)OC(C)(C)C)CC1N[C@@H](C)c1ccccc1. The minimum Gasteiger partial charge on any atom is -0.481 e. The summed E-state index contributed by atoms with van der Waals surface area (Å²) in [6.45, 7) is 10.1. The molecule has 27 heavy (non-hydrogen) atoms. The van der Waals surface area contributed by atoms with Crippen molar-refractivity contribution in [3.8, 4) is 0 Å². The number of likely N-dealkylation sites (tertiary alicyclic amines) is 1. The summed E-state index contributed by atoms with van der Waals surface area (Å²) in [7, 11) is 0. The second kappa shape index (κ2) is 8.30. The van der Waals surface area contributed by atoms with Crippen LogP contribution in [0.3, 0.4) is 0 Å². The Bertz CT molecular complexity index is 656. The third-order valence-electron chi connectivity index (χ3n) is 5.36. The summed E-state index contributed by atoms with van der Waals surface area (Å²) in [5.41, 5.74) is -0.396. The Hall–Kier alpha value is -2.08. The molecule has 1 amide bonds. The van der Waals surface area contributed by atoms with Crippen molar-refractivity contribution in [2.24, 2.45) is 5.41 Å². The summed E-state index contributed by atoms with van der Waals surface area (Å²) in [6.07, 6.45) is 0.512. The number of hydrogen-bond donors (Lipinski definition) is 2. The van der Waals surface area contributed by atoms with Crippen molar-refractivity contribution in [2.75, 3.05) is 13.1 Å². The molecule has 1 aromatic carbocycles. The first-order chi connectivity index (χ1) is 12.6. The van der Waals surface area contributed by atoms with Gasteiger partial charge < -0.3 is 20.1 Å². The molecule has 2 unspecified atom stereocenters. The zero-order valence-electron chi connectivity index (χ0n) is 17.0. The molecule has 0 bridgehead atoms. The van der Waals surface area contributed by atoms with Gasteiger partial charge in [0, 0.05) is 25.2 Å². The molecule has 2 N–H and O–H groups in total. The van der Waals surface area contributed by atoms with Gasteiger partial charge in [-0.1, -0.05) is 37.3 Å². The van der Waals surface area contributed by atoms with E-state index in [0.717, 1.165) is 5.56 Å². The summed E-state index contributed by atoms with van der Waals surface area (Å²) in [5.74, 6) is -0.813. The highest BCUT2D eigenvalue weighted by Gasteiger charge is 2.49. The molecule has 1 aromatic rings. The van der Waals surface area contributed by atoms with E-state index in [0.29, 0.717) is 25.9 Å². The largest absolute Gasteiger partial charge is 0.481 e. The Labute approximate surface area is 161 Å². The molecular formula is C21H32N2O4. The van der Waals surface area contributed by atoms with Crippen LogP contribution in [0.5, 0.6) is 0 Å². The molecule has 0 aromatic heterocycles. The summed E-state index contributed by atoms with van der Waals surface area (Å²) >= 11 is 0. The van der Waals surface area contributed by atoms with Gasteiger partial charge in [0.15, 0.2) is 0 Å². The summed E-state index contributed by atoms with van der Waals surface area (Å²) in [5, 5.41) is 13.5. The average molecular weight is 376 g/mol. The number of carboxylic acids is 1. The lowest BCUT2D eigenvalue weighted by Gasteiger charge is -2.46. The Morgan fingerprint density at radius 3 is 2.48 bits per heavy atom. The molecule has 0 aliphatic carbocycles. The first-order valence-corrected chi connectivity index (χ1v) is 9.61. The number of carbonyl (C=O) groups excluding carboxylic acids is 1. The van der Waals surface area contributed by atoms with E-state index in [1.807, 2.05) is 65.0 Å². The number of carboxylic acid groups (broad SMARTS) is 1. The number of benzene rings is 1. The molecule has 1 saturated heterocycles. The van der Waals surface area contributed by atoms with E-state index < -0.39 is 23.1 Å². The van der Waals surface area contributed by atoms with Crippen molar-refractivity contribution in [1.29, 1.82) is 0 Å². The van der Waals surface area contributed by atoms with Gasteiger partial charge in [0.1, 0.15) is 5.60 Å². The van der Waals surface area contributed by atoms with Gasteiger partial charge in [-0.3, -0.25) is 4.79 Å². The lowest BCUT2D eigenvalue weighted by atomic mass is 9.72. The minimum atomic E-state index is -0.901. The molecule has 1 fully saturated rings. The zero-order valence-corrected chi connectivity index (χ0v) is 17.0. The lowest BCUT2D eigenvalue weighted by Crippen LogP contribution is -2.61. The van der Waals surface area contributed by atoms with Crippen molar-refractivity contribution in [3.05, 3.63) is 35.9 Å². The molecule has 0 spiro atoms. The van der Waals surface area contributed by atoms with Gasteiger partial charge in [-0.25, -0.2) is 4.79 Å². The fraction of sp³-hybridized carbons (Fsp3) is 0.619. The number of carbonyl (C=O) groups is 2. The van der Waals surface area contributed by atoms with Gasteiger partial charge in [0.2, 0.25) is 0 Å².